The van der Waals surface area contributed by atoms with Crippen LogP contribution in [0.2, 0.25) is 5.02 Å². The number of benzene rings is 1. The molecule has 0 bridgehead atoms. The fourth-order valence-corrected chi connectivity index (χ4v) is 2.85. The van der Waals surface area contributed by atoms with Crippen molar-refractivity contribution in [2.75, 3.05) is 13.1 Å². The van der Waals surface area contributed by atoms with E-state index in [2.05, 4.69) is 5.32 Å². The first kappa shape index (κ1) is 15.9. The third kappa shape index (κ3) is 3.60. The number of hydrogen-bond donors (Lipinski definition) is 1. The van der Waals surface area contributed by atoms with Crippen molar-refractivity contribution in [3.05, 3.63) is 34.6 Å². The van der Waals surface area contributed by atoms with Gasteiger partial charge in [-0.1, -0.05) is 17.7 Å². The molecule has 0 radical (unpaired) electrons. The number of hydrogen-bond acceptors (Lipinski definition) is 3. The van der Waals surface area contributed by atoms with Crippen molar-refractivity contribution >= 4 is 23.4 Å². The van der Waals surface area contributed by atoms with Crippen molar-refractivity contribution in [1.82, 2.24) is 10.2 Å². The maximum absolute atomic E-state index is 13.1. The van der Waals surface area contributed by atoms with Gasteiger partial charge in [-0.2, -0.15) is 0 Å². The number of carbonyl (C=O) groups excluding carboxylic acids is 2. The second-order valence-corrected chi connectivity index (χ2v) is 6.02. The van der Waals surface area contributed by atoms with Gasteiger partial charge in [-0.15, -0.1) is 0 Å². The van der Waals surface area contributed by atoms with Gasteiger partial charge in [-0.3, -0.25) is 14.5 Å². The fourth-order valence-electron chi connectivity index (χ4n) is 2.44. The molecule has 2 rings (SSSR count). The van der Waals surface area contributed by atoms with E-state index in [0.29, 0.717) is 31.0 Å². The molecule has 1 saturated heterocycles. The lowest BCUT2D eigenvalue weighted by molar-refractivity contribution is -0.138. The number of carbonyl (C=O) groups is 2. The molecule has 1 aliphatic heterocycles. The van der Waals surface area contributed by atoms with Crippen LogP contribution in [0.4, 0.5) is 4.39 Å². The summed E-state index contributed by atoms with van der Waals surface area (Å²) >= 11 is 6.07. The predicted molar refractivity (Wildman–Crippen MR) is 78.4 cm³/mol. The minimum Gasteiger partial charge on any atom is -0.306 e. The summed E-state index contributed by atoms with van der Waals surface area (Å²) in [7, 11) is 0. The molecule has 0 spiro atoms. The molecule has 1 aliphatic rings. The summed E-state index contributed by atoms with van der Waals surface area (Å²) in [5.41, 5.74) is 0.279. The second kappa shape index (κ2) is 6.12. The average molecular weight is 313 g/mol. The highest BCUT2D eigenvalue weighted by atomic mass is 35.5. The monoisotopic (exact) mass is 312 g/mol. The zero-order valence-electron chi connectivity index (χ0n) is 12.1. The zero-order chi connectivity index (χ0) is 15.6. The Bertz CT molecular complexity index is 559. The first-order valence-corrected chi connectivity index (χ1v) is 7.23. The van der Waals surface area contributed by atoms with Crippen LogP contribution in [0.15, 0.2) is 18.2 Å². The van der Waals surface area contributed by atoms with Crippen molar-refractivity contribution in [3.8, 4) is 0 Å². The van der Waals surface area contributed by atoms with Gasteiger partial charge >= 0.3 is 0 Å². The Kier molecular flexibility index (Phi) is 4.64. The van der Waals surface area contributed by atoms with Crippen LogP contribution in [0.3, 0.4) is 0 Å². The van der Waals surface area contributed by atoms with Crippen LogP contribution in [-0.4, -0.2) is 29.8 Å². The summed E-state index contributed by atoms with van der Waals surface area (Å²) in [5, 5.41) is 3.60. The first-order chi connectivity index (χ1) is 9.81. The van der Waals surface area contributed by atoms with E-state index in [1.54, 1.807) is 6.07 Å². The standard InChI is InChI=1S/C15H18ClFN2O2/c1-15(2,11-4-3-10(17)9-12(11)16)18-7-8-19-13(20)5-6-14(19)21/h3-4,9,18H,5-8H2,1-2H3. The highest BCUT2D eigenvalue weighted by molar-refractivity contribution is 6.31. The second-order valence-electron chi connectivity index (χ2n) is 5.62. The quantitative estimate of drug-likeness (QED) is 0.850. The van der Waals surface area contributed by atoms with Crippen molar-refractivity contribution in [2.45, 2.75) is 32.2 Å². The first-order valence-electron chi connectivity index (χ1n) is 6.85. The molecule has 4 nitrogen and oxygen atoms in total. The SMILES string of the molecule is CC(C)(NCCN1C(=O)CCC1=O)c1ccc(F)cc1Cl. The number of likely N-dealkylation sites (tertiary alicyclic amines) is 1. The highest BCUT2D eigenvalue weighted by Gasteiger charge is 2.29. The van der Waals surface area contributed by atoms with E-state index >= 15 is 0 Å². The van der Waals surface area contributed by atoms with E-state index in [1.807, 2.05) is 13.8 Å². The van der Waals surface area contributed by atoms with Crippen molar-refractivity contribution in [3.63, 3.8) is 0 Å². The van der Waals surface area contributed by atoms with Gasteiger partial charge < -0.3 is 5.32 Å². The molecule has 0 saturated carbocycles. The smallest absolute Gasteiger partial charge is 0.229 e. The third-order valence-corrected chi connectivity index (χ3v) is 3.97. The van der Waals surface area contributed by atoms with Crippen LogP contribution in [-0.2, 0) is 15.1 Å². The Morgan fingerprint density at radius 2 is 1.90 bits per heavy atom. The predicted octanol–water partition coefficient (Wildman–Crippen LogP) is 2.45. The Morgan fingerprint density at radius 1 is 1.29 bits per heavy atom. The van der Waals surface area contributed by atoms with Gasteiger partial charge in [0.05, 0.1) is 0 Å². The molecular weight excluding hydrogens is 295 g/mol. The topological polar surface area (TPSA) is 49.4 Å². The van der Waals surface area contributed by atoms with Crippen molar-refractivity contribution in [2.24, 2.45) is 0 Å². The molecule has 114 valence electrons. The lowest BCUT2D eigenvalue weighted by Crippen LogP contribution is -2.43. The molecule has 2 amide bonds. The Morgan fingerprint density at radius 3 is 2.48 bits per heavy atom. The van der Waals surface area contributed by atoms with Crippen molar-refractivity contribution in [1.29, 1.82) is 0 Å². The molecule has 1 N–H and O–H groups in total. The van der Waals surface area contributed by atoms with Crippen molar-refractivity contribution < 1.29 is 14.0 Å². The lowest BCUT2D eigenvalue weighted by Gasteiger charge is -2.29. The molecule has 1 aromatic rings. The average Bonchev–Trinajstić information content (AvgIpc) is 2.69. The van der Waals surface area contributed by atoms with Crippen LogP contribution in [0.5, 0.6) is 0 Å². The number of imide groups is 1. The van der Waals surface area contributed by atoms with Gasteiger partial charge in [-0.05, 0) is 31.5 Å². The molecule has 1 fully saturated rings. The molecular formula is C15H18ClFN2O2. The Labute approximate surface area is 128 Å². The highest BCUT2D eigenvalue weighted by Crippen LogP contribution is 2.28. The van der Waals surface area contributed by atoms with Gasteiger partial charge in [0.15, 0.2) is 0 Å². The number of rotatable bonds is 5. The van der Waals surface area contributed by atoms with Crippen LogP contribution in [0.25, 0.3) is 0 Å². The van der Waals surface area contributed by atoms with Gasteiger partial charge in [0.25, 0.3) is 0 Å². The Hall–Kier alpha value is -1.46. The van der Waals surface area contributed by atoms with Gasteiger partial charge in [-0.25, -0.2) is 4.39 Å². The van der Waals surface area contributed by atoms with Crippen LogP contribution >= 0.6 is 11.6 Å². The summed E-state index contributed by atoms with van der Waals surface area (Å²) < 4.78 is 13.1. The van der Waals surface area contributed by atoms with Crippen LogP contribution in [0, 0.1) is 5.82 Å². The third-order valence-electron chi connectivity index (χ3n) is 3.66. The minimum absolute atomic E-state index is 0.126. The Balaban J connectivity index is 1.98. The van der Waals surface area contributed by atoms with Crippen LogP contribution < -0.4 is 5.32 Å². The number of nitrogens with one attached hydrogen (secondary N) is 1. The van der Waals surface area contributed by atoms with E-state index in [1.165, 1.54) is 17.0 Å². The molecule has 21 heavy (non-hydrogen) atoms. The zero-order valence-corrected chi connectivity index (χ0v) is 12.8. The molecule has 0 unspecified atom stereocenters. The largest absolute Gasteiger partial charge is 0.306 e. The summed E-state index contributed by atoms with van der Waals surface area (Å²) in [4.78, 5) is 24.3. The van der Waals surface area contributed by atoms with E-state index in [0.717, 1.165) is 5.56 Å². The molecule has 1 heterocycles. The molecule has 0 aliphatic carbocycles. The summed E-state index contributed by atoms with van der Waals surface area (Å²) in [6, 6.07) is 4.27. The van der Waals surface area contributed by atoms with Gasteiger partial charge in [0.1, 0.15) is 5.82 Å². The van der Waals surface area contributed by atoms with E-state index in [4.69, 9.17) is 11.6 Å². The van der Waals surface area contributed by atoms with E-state index < -0.39 is 5.54 Å². The van der Waals surface area contributed by atoms with Gasteiger partial charge in [0.2, 0.25) is 11.8 Å². The van der Waals surface area contributed by atoms with E-state index in [-0.39, 0.29) is 17.6 Å². The van der Waals surface area contributed by atoms with Crippen LogP contribution in [0.1, 0.15) is 32.3 Å². The van der Waals surface area contributed by atoms with Gasteiger partial charge in [0, 0.05) is 36.5 Å². The lowest BCUT2D eigenvalue weighted by atomic mass is 9.94. The summed E-state index contributed by atoms with van der Waals surface area (Å²) in [6.07, 6.45) is 0.595. The molecule has 0 atom stereocenters. The maximum Gasteiger partial charge on any atom is 0.229 e. The number of nitrogens with zero attached hydrogens (tertiary/aromatic N) is 1. The maximum atomic E-state index is 13.1. The molecule has 1 aromatic carbocycles. The van der Waals surface area contributed by atoms with E-state index in [9.17, 15) is 14.0 Å². The minimum atomic E-state index is -0.489. The fraction of sp³-hybridized carbons (Fsp3) is 0.467. The summed E-state index contributed by atoms with van der Waals surface area (Å²) in [5.74, 6) is -0.633. The number of halogens is 2. The number of amides is 2. The molecule has 6 heteroatoms. The molecule has 0 aromatic heterocycles. The normalized spacial score (nSPS) is 15.9. The summed E-state index contributed by atoms with van der Waals surface area (Å²) in [6.45, 7) is 4.62.